The molecule has 2 aliphatic rings. The van der Waals surface area contributed by atoms with E-state index in [4.69, 9.17) is 9.47 Å². The summed E-state index contributed by atoms with van der Waals surface area (Å²) in [5.74, 6) is -0.537. The third-order valence-electron chi connectivity index (χ3n) is 4.88. The second-order valence-corrected chi connectivity index (χ2v) is 6.25. The summed E-state index contributed by atoms with van der Waals surface area (Å²) in [5.41, 5.74) is -0.737. The van der Waals surface area contributed by atoms with Crippen LogP contribution in [0.4, 0.5) is 0 Å². The molecule has 3 unspecified atom stereocenters. The highest BCUT2D eigenvalue weighted by Crippen LogP contribution is 2.38. The smallest absolute Gasteiger partial charge is 0.324 e. The Morgan fingerprint density at radius 1 is 1.38 bits per heavy atom. The Bertz CT molecular complexity index is 330. The largest absolute Gasteiger partial charge is 0.480 e. The summed E-state index contributed by atoms with van der Waals surface area (Å²) in [6, 6.07) is 0. The molecular weight excluding hydrogens is 270 g/mol. The standard InChI is InChI=1S/C16H29NO4/c1-2-17-16(15(18)19)9-5-6-13(16)8-11-20-12-14-7-3-4-10-21-14/h13-14,17H,2-12H2,1H3,(H,18,19). The van der Waals surface area contributed by atoms with Crippen molar-refractivity contribution in [3.8, 4) is 0 Å². The highest BCUT2D eigenvalue weighted by Gasteiger charge is 2.48. The summed E-state index contributed by atoms with van der Waals surface area (Å²) in [4.78, 5) is 11.7. The molecule has 2 N–H and O–H groups in total. The number of ether oxygens (including phenoxy) is 2. The monoisotopic (exact) mass is 299 g/mol. The zero-order valence-corrected chi connectivity index (χ0v) is 13.1. The van der Waals surface area contributed by atoms with Crippen LogP contribution in [0.25, 0.3) is 0 Å². The molecule has 1 saturated carbocycles. The van der Waals surface area contributed by atoms with Crippen LogP contribution in [0.5, 0.6) is 0 Å². The molecule has 5 heteroatoms. The lowest BCUT2D eigenvalue weighted by molar-refractivity contribution is -0.147. The van der Waals surface area contributed by atoms with Gasteiger partial charge >= 0.3 is 5.97 Å². The SMILES string of the molecule is CCNC1(C(=O)O)CCCC1CCOCC1CCCCO1. The summed E-state index contributed by atoms with van der Waals surface area (Å²) in [6.45, 7) is 4.79. The lowest BCUT2D eigenvalue weighted by Gasteiger charge is -2.32. The predicted octanol–water partition coefficient (Wildman–Crippen LogP) is 2.20. The van der Waals surface area contributed by atoms with E-state index in [1.54, 1.807) is 0 Å². The first-order valence-electron chi connectivity index (χ1n) is 8.37. The van der Waals surface area contributed by atoms with Crippen LogP contribution in [-0.4, -0.2) is 49.1 Å². The summed E-state index contributed by atoms with van der Waals surface area (Å²) in [5, 5.41) is 12.8. The Labute approximate surface area is 127 Å². The minimum Gasteiger partial charge on any atom is -0.480 e. The topological polar surface area (TPSA) is 67.8 Å². The molecule has 1 heterocycles. The van der Waals surface area contributed by atoms with Gasteiger partial charge in [0.05, 0.1) is 12.7 Å². The van der Waals surface area contributed by atoms with E-state index in [0.717, 1.165) is 45.1 Å². The number of nitrogens with one attached hydrogen (secondary N) is 1. The van der Waals surface area contributed by atoms with Crippen LogP contribution in [0.1, 0.15) is 51.9 Å². The fourth-order valence-corrected chi connectivity index (χ4v) is 3.75. The molecule has 0 radical (unpaired) electrons. The van der Waals surface area contributed by atoms with Crippen LogP contribution in [0.2, 0.25) is 0 Å². The third-order valence-corrected chi connectivity index (χ3v) is 4.88. The molecular formula is C16H29NO4. The fourth-order valence-electron chi connectivity index (χ4n) is 3.75. The van der Waals surface area contributed by atoms with Crippen LogP contribution in [0.3, 0.4) is 0 Å². The average molecular weight is 299 g/mol. The Morgan fingerprint density at radius 3 is 2.90 bits per heavy atom. The maximum atomic E-state index is 11.7. The van der Waals surface area contributed by atoms with Gasteiger partial charge in [0.15, 0.2) is 0 Å². The van der Waals surface area contributed by atoms with Gasteiger partial charge in [0, 0.05) is 13.2 Å². The van der Waals surface area contributed by atoms with E-state index in [1.165, 1.54) is 6.42 Å². The van der Waals surface area contributed by atoms with E-state index in [9.17, 15) is 9.90 Å². The fraction of sp³-hybridized carbons (Fsp3) is 0.938. The summed E-state index contributed by atoms with van der Waals surface area (Å²) in [6.07, 6.45) is 7.19. The molecule has 0 amide bonds. The number of aliphatic carboxylic acids is 1. The number of carboxylic acid groups (broad SMARTS) is 1. The Hall–Kier alpha value is -0.650. The van der Waals surface area contributed by atoms with Crippen molar-refractivity contribution in [3.05, 3.63) is 0 Å². The molecule has 2 fully saturated rings. The van der Waals surface area contributed by atoms with E-state index in [0.29, 0.717) is 19.8 Å². The zero-order valence-electron chi connectivity index (χ0n) is 13.1. The third kappa shape index (κ3) is 4.18. The van der Waals surface area contributed by atoms with Crippen LogP contribution < -0.4 is 5.32 Å². The van der Waals surface area contributed by atoms with Crippen molar-refractivity contribution in [1.82, 2.24) is 5.32 Å². The lowest BCUT2D eigenvalue weighted by atomic mass is 9.84. The second kappa shape index (κ2) is 8.11. The molecule has 2 rings (SSSR count). The molecule has 0 bridgehead atoms. The van der Waals surface area contributed by atoms with Crippen LogP contribution in [0, 0.1) is 5.92 Å². The van der Waals surface area contributed by atoms with Crippen molar-refractivity contribution >= 4 is 5.97 Å². The quantitative estimate of drug-likeness (QED) is 0.673. The van der Waals surface area contributed by atoms with Gasteiger partial charge in [-0.25, -0.2) is 0 Å². The summed E-state index contributed by atoms with van der Waals surface area (Å²) in [7, 11) is 0. The Morgan fingerprint density at radius 2 is 2.24 bits per heavy atom. The van der Waals surface area contributed by atoms with Crippen LogP contribution in [0.15, 0.2) is 0 Å². The number of hydrogen-bond acceptors (Lipinski definition) is 4. The van der Waals surface area contributed by atoms with Crippen molar-refractivity contribution < 1.29 is 19.4 Å². The molecule has 1 aliphatic carbocycles. The normalized spacial score (nSPS) is 33.2. The molecule has 1 saturated heterocycles. The lowest BCUT2D eigenvalue weighted by Crippen LogP contribution is -2.55. The first kappa shape index (κ1) is 16.7. The Kier molecular flexibility index (Phi) is 6.45. The minimum atomic E-state index is -0.737. The summed E-state index contributed by atoms with van der Waals surface area (Å²) >= 11 is 0. The van der Waals surface area contributed by atoms with Gasteiger partial charge in [0.1, 0.15) is 5.54 Å². The van der Waals surface area contributed by atoms with Gasteiger partial charge in [-0.2, -0.15) is 0 Å². The van der Waals surface area contributed by atoms with E-state index in [1.807, 2.05) is 6.92 Å². The van der Waals surface area contributed by atoms with Crippen molar-refractivity contribution in [2.75, 3.05) is 26.4 Å². The van der Waals surface area contributed by atoms with E-state index < -0.39 is 11.5 Å². The van der Waals surface area contributed by atoms with E-state index in [2.05, 4.69) is 5.32 Å². The number of likely N-dealkylation sites (N-methyl/N-ethyl adjacent to an activating group) is 1. The van der Waals surface area contributed by atoms with Crippen molar-refractivity contribution in [3.63, 3.8) is 0 Å². The Balaban J connectivity index is 1.74. The van der Waals surface area contributed by atoms with Crippen molar-refractivity contribution in [1.29, 1.82) is 0 Å². The van der Waals surface area contributed by atoms with Gasteiger partial charge in [-0.05, 0) is 51.0 Å². The highest BCUT2D eigenvalue weighted by atomic mass is 16.5. The van der Waals surface area contributed by atoms with Gasteiger partial charge in [0.25, 0.3) is 0 Å². The number of hydrogen-bond donors (Lipinski definition) is 2. The van der Waals surface area contributed by atoms with Gasteiger partial charge in [-0.15, -0.1) is 0 Å². The molecule has 21 heavy (non-hydrogen) atoms. The zero-order chi connectivity index (χ0) is 15.1. The molecule has 3 atom stereocenters. The van der Waals surface area contributed by atoms with Crippen LogP contribution in [-0.2, 0) is 14.3 Å². The molecule has 0 spiro atoms. The van der Waals surface area contributed by atoms with Gasteiger partial charge in [-0.3, -0.25) is 4.79 Å². The molecule has 5 nitrogen and oxygen atoms in total. The summed E-state index contributed by atoms with van der Waals surface area (Å²) < 4.78 is 11.4. The van der Waals surface area contributed by atoms with Crippen molar-refractivity contribution in [2.45, 2.75) is 63.5 Å². The second-order valence-electron chi connectivity index (χ2n) is 6.25. The molecule has 0 aromatic rings. The van der Waals surface area contributed by atoms with Crippen LogP contribution >= 0.6 is 0 Å². The maximum absolute atomic E-state index is 11.7. The van der Waals surface area contributed by atoms with E-state index in [-0.39, 0.29) is 12.0 Å². The number of carboxylic acids is 1. The first-order valence-corrected chi connectivity index (χ1v) is 8.37. The predicted molar refractivity (Wildman–Crippen MR) is 80.4 cm³/mol. The molecule has 122 valence electrons. The minimum absolute atomic E-state index is 0.169. The van der Waals surface area contributed by atoms with Gasteiger partial charge in [0.2, 0.25) is 0 Å². The maximum Gasteiger partial charge on any atom is 0.324 e. The molecule has 1 aliphatic heterocycles. The number of rotatable bonds is 8. The van der Waals surface area contributed by atoms with E-state index >= 15 is 0 Å². The molecule has 0 aromatic heterocycles. The molecule has 0 aromatic carbocycles. The van der Waals surface area contributed by atoms with Gasteiger partial charge in [-0.1, -0.05) is 13.3 Å². The first-order chi connectivity index (χ1) is 10.2. The van der Waals surface area contributed by atoms with Gasteiger partial charge < -0.3 is 19.9 Å². The van der Waals surface area contributed by atoms with Crippen molar-refractivity contribution in [2.24, 2.45) is 5.92 Å². The highest BCUT2D eigenvalue weighted by molar-refractivity contribution is 5.79. The number of carbonyl (C=O) groups is 1. The average Bonchev–Trinajstić information content (AvgIpc) is 2.89.